The summed E-state index contributed by atoms with van der Waals surface area (Å²) in [5.41, 5.74) is 1.19. The maximum Gasteiger partial charge on any atom is 0.291 e. The van der Waals surface area contributed by atoms with Gasteiger partial charge in [0.15, 0.2) is 5.76 Å². The number of hydrogen-bond donors (Lipinski definition) is 1. The van der Waals surface area contributed by atoms with Crippen molar-refractivity contribution in [1.82, 2.24) is 9.88 Å². The molecule has 0 atom stereocenters. The van der Waals surface area contributed by atoms with E-state index in [-0.39, 0.29) is 17.6 Å². The van der Waals surface area contributed by atoms with E-state index in [4.69, 9.17) is 16.0 Å². The van der Waals surface area contributed by atoms with Gasteiger partial charge in [0.1, 0.15) is 5.82 Å². The van der Waals surface area contributed by atoms with Crippen molar-refractivity contribution in [2.45, 2.75) is 0 Å². The van der Waals surface area contributed by atoms with E-state index in [2.05, 4.69) is 15.2 Å². The molecule has 1 aliphatic heterocycles. The van der Waals surface area contributed by atoms with Crippen molar-refractivity contribution in [1.29, 1.82) is 0 Å². The van der Waals surface area contributed by atoms with Gasteiger partial charge < -0.3 is 19.5 Å². The van der Waals surface area contributed by atoms with E-state index in [1.165, 1.54) is 6.26 Å². The number of piperazine rings is 1. The molecule has 4 rings (SSSR count). The van der Waals surface area contributed by atoms with Crippen molar-refractivity contribution in [3.8, 4) is 0 Å². The number of nitrogens with one attached hydrogen (secondary N) is 1. The number of amides is 2. The van der Waals surface area contributed by atoms with Gasteiger partial charge >= 0.3 is 0 Å². The van der Waals surface area contributed by atoms with Gasteiger partial charge in [0, 0.05) is 36.8 Å². The molecule has 1 aliphatic rings. The third-order valence-electron chi connectivity index (χ3n) is 4.71. The Kier molecular flexibility index (Phi) is 5.48. The molecule has 1 N–H and O–H groups in total. The molecular formula is C21H19ClN4O3. The fourth-order valence-corrected chi connectivity index (χ4v) is 3.38. The molecule has 1 fully saturated rings. The summed E-state index contributed by atoms with van der Waals surface area (Å²) in [7, 11) is 0. The van der Waals surface area contributed by atoms with Crippen LogP contribution in [0.5, 0.6) is 0 Å². The summed E-state index contributed by atoms with van der Waals surface area (Å²) in [6.45, 7) is 2.56. The highest BCUT2D eigenvalue weighted by Gasteiger charge is 2.23. The zero-order valence-corrected chi connectivity index (χ0v) is 16.3. The molecule has 2 amide bonds. The van der Waals surface area contributed by atoms with Crippen molar-refractivity contribution in [3.63, 3.8) is 0 Å². The molecule has 0 saturated carbocycles. The molecule has 1 saturated heterocycles. The first-order valence-corrected chi connectivity index (χ1v) is 9.59. The first-order chi connectivity index (χ1) is 14.1. The second kappa shape index (κ2) is 8.36. The molecule has 29 heavy (non-hydrogen) atoms. The monoisotopic (exact) mass is 410 g/mol. The molecule has 2 aromatic heterocycles. The normalized spacial score (nSPS) is 14.0. The van der Waals surface area contributed by atoms with Gasteiger partial charge in [0.25, 0.3) is 11.8 Å². The number of nitrogens with zero attached hydrogens (tertiary/aromatic N) is 3. The van der Waals surface area contributed by atoms with E-state index in [0.29, 0.717) is 42.5 Å². The lowest BCUT2D eigenvalue weighted by atomic mass is 10.2. The standard InChI is InChI=1S/C21H19ClN4O3/c22-16-4-1-3-15(13-16)21(28)26-10-8-25(9-11-26)19-7-6-17(14-23-19)24-20(27)18-5-2-12-29-18/h1-7,12-14H,8-11H2,(H,24,27). The summed E-state index contributed by atoms with van der Waals surface area (Å²) in [4.78, 5) is 33.0. The van der Waals surface area contributed by atoms with E-state index in [0.717, 1.165) is 5.82 Å². The molecule has 0 unspecified atom stereocenters. The molecule has 3 heterocycles. The third-order valence-corrected chi connectivity index (χ3v) is 4.95. The number of furan rings is 1. The molecule has 0 spiro atoms. The van der Waals surface area contributed by atoms with Crippen LogP contribution in [-0.2, 0) is 0 Å². The van der Waals surface area contributed by atoms with Crippen molar-refractivity contribution in [2.75, 3.05) is 36.4 Å². The fraction of sp³-hybridized carbons (Fsp3) is 0.190. The smallest absolute Gasteiger partial charge is 0.291 e. The summed E-state index contributed by atoms with van der Waals surface area (Å²) >= 11 is 5.99. The van der Waals surface area contributed by atoms with Crippen LogP contribution >= 0.6 is 11.6 Å². The second-order valence-corrected chi connectivity index (χ2v) is 7.06. The van der Waals surface area contributed by atoms with Gasteiger partial charge in [-0.15, -0.1) is 0 Å². The first kappa shape index (κ1) is 19.0. The van der Waals surface area contributed by atoms with Crippen LogP contribution in [0.4, 0.5) is 11.5 Å². The number of carbonyl (C=O) groups is 2. The van der Waals surface area contributed by atoms with Crippen LogP contribution < -0.4 is 10.2 Å². The van der Waals surface area contributed by atoms with Crippen molar-refractivity contribution in [3.05, 3.63) is 77.3 Å². The van der Waals surface area contributed by atoms with Crippen molar-refractivity contribution >= 4 is 34.9 Å². The Morgan fingerprint density at radius 2 is 1.86 bits per heavy atom. The number of pyridine rings is 1. The fourth-order valence-electron chi connectivity index (χ4n) is 3.19. The number of anilines is 2. The average molecular weight is 411 g/mol. The van der Waals surface area contributed by atoms with Crippen LogP contribution in [-0.4, -0.2) is 47.9 Å². The zero-order valence-electron chi connectivity index (χ0n) is 15.5. The van der Waals surface area contributed by atoms with E-state index >= 15 is 0 Å². The highest BCUT2D eigenvalue weighted by atomic mass is 35.5. The minimum Gasteiger partial charge on any atom is -0.459 e. The Bertz CT molecular complexity index is 997. The van der Waals surface area contributed by atoms with Gasteiger partial charge in [-0.05, 0) is 42.5 Å². The average Bonchev–Trinajstić information content (AvgIpc) is 3.29. The third kappa shape index (κ3) is 4.41. The Morgan fingerprint density at radius 1 is 1.03 bits per heavy atom. The topological polar surface area (TPSA) is 78.7 Å². The predicted molar refractivity (Wildman–Crippen MR) is 110 cm³/mol. The van der Waals surface area contributed by atoms with Gasteiger partial charge in [-0.3, -0.25) is 9.59 Å². The lowest BCUT2D eigenvalue weighted by Gasteiger charge is -2.35. The van der Waals surface area contributed by atoms with Crippen LogP contribution in [0.1, 0.15) is 20.9 Å². The Labute approximate surface area is 172 Å². The lowest BCUT2D eigenvalue weighted by molar-refractivity contribution is 0.0746. The van der Waals surface area contributed by atoms with Crippen molar-refractivity contribution in [2.24, 2.45) is 0 Å². The molecule has 7 nitrogen and oxygen atoms in total. The maximum absolute atomic E-state index is 12.6. The molecule has 0 bridgehead atoms. The maximum atomic E-state index is 12.6. The Balaban J connectivity index is 1.34. The van der Waals surface area contributed by atoms with Gasteiger partial charge in [-0.1, -0.05) is 17.7 Å². The molecular weight excluding hydrogens is 392 g/mol. The van der Waals surface area contributed by atoms with Gasteiger partial charge in [-0.2, -0.15) is 0 Å². The highest BCUT2D eigenvalue weighted by Crippen LogP contribution is 2.19. The number of hydrogen-bond acceptors (Lipinski definition) is 5. The van der Waals surface area contributed by atoms with Crippen LogP contribution in [0.2, 0.25) is 5.02 Å². The van der Waals surface area contributed by atoms with E-state index in [1.54, 1.807) is 48.7 Å². The van der Waals surface area contributed by atoms with E-state index in [9.17, 15) is 9.59 Å². The summed E-state index contributed by atoms with van der Waals surface area (Å²) in [5, 5.41) is 3.30. The highest BCUT2D eigenvalue weighted by molar-refractivity contribution is 6.30. The summed E-state index contributed by atoms with van der Waals surface area (Å²) < 4.78 is 5.07. The number of aromatic nitrogens is 1. The largest absolute Gasteiger partial charge is 0.459 e. The summed E-state index contributed by atoms with van der Waals surface area (Å²) in [6.07, 6.45) is 3.06. The first-order valence-electron chi connectivity index (χ1n) is 9.21. The van der Waals surface area contributed by atoms with Gasteiger partial charge in [0.05, 0.1) is 18.1 Å². The minimum absolute atomic E-state index is 0.0175. The lowest BCUT2D eigenvalue weighted by Crippen LogP contribution is -2.49. The van der Waals surface area contributed by atoms with Crippen LogP contribution in [0.25, 0.3) is 0 Å². The SMILES string of the molecule is O=C(Nc1ccc(N2CCN(C(=O)c3cccc(Cl)c3)CC2)nc1)c1ccco1. The molecule has 0 aliphatic carbocycles. The number of carbonyl (C=O) groups excluding carboxylic acids is 2. The van der Waals surface area contributed by atoms with Crippen molar-refractivity contribution < 1.29 is 14.0 Å². The molecule has 148 valence electrons. The molecule has 8 heteroatoms. The van der Waals surface area contributed by atoms with Gasteiger partial charge in [0.2, 0.25) is 0 Å². The summed E-state index contributed by atoms with van der Waals surface area (Å²) in [6, 6.07) is 13.9. The van der Waals surface area contributed by atoms with E-state index in [1.807, 2.05) is 11.0 Å². The molecule has 0 radical (unpaired) electrons. The number of benzene rings is 1. The Morgan fingerprint density at radius 3 is 2.52 bits per heavy atom. The number of rotatable bonds is 4. The zero-order chi connectivity index (χ0) is 20.2. The summed E-state index contributed by atoms with van der Waals surface area (Å²) in [5.74, 6) is 0.708. The van der Waals surface area contributed by atoms with Crippen LogP contribution in [0, 0.1) is 0 Å². The molecule has 1 aromatic carbocycles. The minimum atomic E-state index is -0.322. The quantitative estimate of drug-likeness (QED) is 0.711. The van der Waals surface area contributed by atoms with Gasteiger partial charge in [-0.25, -0.2) is 4.98 Å². The Hall–Kier alpha value is -3.32. The van der Waals surface area contributed by atoms with Crippen LogP contribution in [0.15, 0.2) is 65.4 Å². The predicted octanol–water partition coefficient (Wildman–Crippen LogP) is 3.54. The molecule has 3 aromatic rings. The van der Waals surface area contributed by atoms with E-state index < -0.39 is 0 Å². The second-order valence-electron chi connectivity index (χ2n) is 6.63. The number of halogens is 1. The van der Waals surface area contributed by atoms with Crippen LogP contribution in [0.3, 0.4) is 0 Å².